The molecule has 5 rings (SSSR count). The van der Waals surface area contributed by atoms with Gasteiger partial charge >= 0.3 is 0 Å². The van der Waals surface area contributed by atoms with Gasteiger partial charge in [0.25, 0.3) is 5.56 Å². The van der Waals surface area contributed by atoms with Crippen molar-refractivity contribution in [3.63, 3.8) is 0 Å². The van der Waals surface area contributed by atoms with Crippen LogP contribution < -0.4 is 15.0 Å². The number of aryl methyl sites for hydroxylation is 1. The van der Waals surface area contributed by atoms with Crippen LogP contribution in [0.3, 0.4) is 0 Å². The van der Waals surface area contributed by atoms with E-state index in [2.05, 4.69) is 35.3 Å². The van der Waals surface area contributed by atoms with E-state index in [1.165, 1.54) is 22.8 Å². The Bertz CT molecular complexity index is 1410. The van der Waals surface area contributed by atoms with E-state index in [-0.39, 0.29) is 11.7 Å². The first-order valence-electron chi connectivity index (χ1n) is 12.2. The van der Waals surface area contributed by atoms with E-state index < -0.39 is 5.60 Å². The van der Waals surface area contributed by atoms with Gasteiger partial charge in [0.2, 0.25) is 5.88 Å². The maximum Gasteiger partial charge on any atom is 0.280 e. The number of nitrogens with zero attached hydrogens (tertiary/aromatic N) is 1. The van der Waals surface area contributed by atoms with Crippen molar-refractivity contribution in [3.05, 3.63) is 87.8 Å². The van der Waals surface area contributed by atoms with E-state index in [4.69, 9.17) is 14.0 Å². The monoisotopic (exact) mass is 486 g/mol. The first kappa shape index (κ1) is 23.9. The molecule has 4 aromatic rings. The van der Waals surface area contributed by atoms with Crippen LogP contribution in [0.15, 0.2) is 70.1 Å². The average Bonchev–Trinajstić information content (AvgIpc) is 3.45. The van der Waals surface area contributed by atoms with Gasteiger partial charge in [-0.1, -0.05) is 18.2 Å². The summed E-state index contributed by atoms with van der Waals surface area (Å²) in [6.07, 6.45) is 4.19. The molecule has 186 valence electrons. The molecule has 1 atom stereocenters. The minimum absolute atomic E-state index is 0.0336. The van der Waals surface area contributed by atoms with E-state index in [1.54, 1.807) is 13.8 Å². The standard InChI is InChI=1S/C29H30N2O5/c1-18-15-28(34-14-13-29(2,3)33)30-17-24(18)21-5-4-6-23-22(21)11-12-25(23)35-20-9-7-19(8-10-20)26-16-27(32)31-36-26/h4-10,15-17,25,33H,11-14H2,1-3H3,(H,31,32). The first-order chi connectivity index (χ1) is 17.3. The molecule has 0 bridgehead atoms. The van der Waals surface area contributed by atoms with Crippen LogP contribution in [0, 0.1) is 6.92 Å². The molecule has 2 heterocycles. The van der Waals surface area contributed by atoms with Gasteiger partial charge in [0, 0.05) is 29.8 Å². The Hall–Kier alpha value is -3.84. The fourth-order valence-corrected chi connectivity index (χ4v) is 4.58. The Labute approximate surface area is 209 Å². The largest absolute Gasteiger partial charge is 0.486 e. The van der Waals surface area contributed by atoms with Crippen LogP contribution in [0.1, 0.15) is 49.5 Å². The van der Waals surface area contributed by atoms with Crippen LogP contribution in [-0.4, -0.2) is 27.5 Å². The van der Waals surface area contributed by atoms with Crippen molar-refractivity contribution in [2.24, 2.45) is 0 Å². The second-order valence-corrected chi connectivity index (χ2v) is 9.87. The first-order valence-corrected chi connectivity index (χ1v) is 12.2. The van der Waals surface area contributed by atoms with Crippen LogP contribution in [0.2, 0.25) is 0 Å². The molecule has 7 heteroatoms. The van der Waals surface area contributed by atoms with Crippen LogP contribution in [0.4, 0.5) is 0 Å². The van der Waals surface area contributed by atoms with E-state index in [1.807, 2.05) is 36.5 Å². The van der Waals surface area contributed by atoms with Crippen molar-refractivity contribution in [2.45, 2.75) is 51.7 Å². The van der Waals surface area contributed by atoms with Crippen LogP contribution in [0.25, 0.3) is 22.5 Å². The highest BCUT2D eigenvalue weighted by atomic mass is 16.5. The lowest BCUT2D eigenvalue weighted by Crippen LogP contribution is -2.22. The summed E-state index contributed by atoms with van der Waals surface area (Å²) in [6, 6.07) is 17.3. The van der Waals surface area contributed by atoms with Gasteiger partial charge in [-0.3, -0.25) is 4.79 Å². The number of aliphatic hydroxyl groups is 1. The Balaban J connectivity index is 1.32. The molecule has 0 aliphatic heterocycles. The molecule has 0 amide bonds. The molecule has 0 fully saturated rings. The zero-order valence-corrected chi connectivity index (χ0v) is 20.7. The van der Waals surface area contributed by atoms with E-state index >= 15 is 0 Å². The number of nitrogens with one attached hydrogen (secondary N) is 1. The number of aromatic amines is 1. The number of rotatable bonds is 8. The third-order valence-electron chi connectivity index (χ3n) is 6.50. The summed E-state index contributed by atoms with van der Waals surface area (Å²) in [5, 5.41) is 12.2. The van der Waals surface area contributed by atoms with Gasteiger partial charge in [-0.15, -0.1) is 0 Å². The summed E-state index contributed by atoms with van der Waals surface area (Å²) < 4.78 is 17.3. The second kappa shape index (κ2) is 9.66. The third kappa shape index (κ3) is 5.21. The van der Waals surface area contributed by atoms with Gasteiger partial charge in [-0.25, -0.2) is 4.98 Å². The average molecular weight is 487 g/mol. The number of pyridine rings is 1. The quantitative estimate of drug-likeness (QED) is 0.336. The SMILES string of the molecule is Cc1cc(OCCC(C)(C)O)ncc1-c1cccc2c1CCC2Oc1ccc(-c2cc(=O)[nH]o2)cc1. The number of aromatic nitrogens is 2. The summed E-state index contributed by atoms with van der Waals surface area (Å²) in [7, 11) is 0. The molecule has 1 aliphatic carbocycles. The van der Waals surface area contributed by atoms with Crippen molar-refractivity contribution in [3.8, 4) is 34.1 Å². The predicted molar refractivity (Wildman–Crippen MR) is 137 cm³/mol. The maximum atomic E-state index is 11.3. The lowest BCUT2D eigenvalue weighted by atomic mass is 9.95. The highest BCUT2D eigenvalue weighted by Crippen LogP contribution is 2.41. The van der Waals surface area contributed by atoms with Crippen molar-refractivity contribution in [2.75, 3.05) is 6.61 Å². The summed E-state index contributed by atoms with van der Waals surface area (Å²) >= 11 is 0. The van der Waals surface area contributed by atoms with Gasteiger partial charge in [0.05, 0.1) is 18.3 Å². The van der Waals surface area contributed by atoms with Gasteiger partial charge < -0.3 is 19.1 Å². The van der Waals surface area contributed by atoms with Crippen LogP contribution >= 0.6 is 0 Å². The number of fused-ring (bicyclic) bond motifs is 1. The van der Waals surface area contributed by atoms with Crippen molar-refractivity contribution in [1.82, 2.24) is 10.1 Å². The molecule has 7 nitrogen and oxygen atoms in total. The minimum atomic E-state index is -0.764. The Morgan fingerprint density at radius 1 is 1.14 bits per heavy atom. The molecule has 2 aromatic carbocycles. The zero-order valence-electron chi connectivity index (χ0n) is 20.7. The zero-order chi connectivity index (χ0) is 25.3. The summed E-state index contributed by atoms with van der Waals surface area (Å²) in [5.41, 5.74) is 5.61. The Kier molecular flexibility index (Phi) is 6.41. The molecule has 0 radical (unpaired) electrons. The van der Waals surface area contributed by atoms with Crippen molar-refractivity contribution in [1.29, 1.82) is 0 Å². The third-order valence-corrected chi connectivity index (χ3v) is 6.50. The summed E-state index contributed by atoms with van der Waals surface area (Å²) in [5.74, 6) is 1.84. The van der Waals surface area contributed by atoms with Crippen molar-refractivity contribution < 1.29 is 19.1 Å². The van der Waals surface area contributed by atoms with E-state index in [9.17, 15) is 9.90 Å². The molecule has 0 saturated heterocycles. The van der Waals surface area contributed by atoms with Crippen LogP contribution in [0.5, 0.6) is 11.6 Å². The lowest BCUT2D eigenvalue weighted by Gasteiger charge is -2.18. The van der Waals surface area contributed by atoms with Gasteiger partial charge in [-0.05, 0) is 80.1 Å². The molecular formula is C29H30N2O5. The summed E-state index contributed by atoms with van der Waals surface area (Å²) in [4.78, 5) is 15.8. The van der Waals surface area contributed by atoms with E-state index in [0.717, 1.165) is 35.3 Å². The molecule has 2 N–H and O–H groups in total. The Morgan fingerprint density at radius 2 is 1.94 bits per heavy atom. The second-order valence-electron chi connectivity index (χ2n) is 9.87. The molecule has 2 aromatic heterocycles. The number of hydrogen-bond acceptors (Lipinski definition) is 6. The fourth-order valence-electron chi connectivity index (χ4n) is 4.58. The molecule has 36 heavy (non-hydrogen) atoms. The highest BCUT2D eigenvalue weighted by Gasteiger charge is 2.27. The Morgan fingerprint density at radius 3 is 2.64 bits per heavy atom. The topological polar surface area (TPSA) is 97.6 Å². The smallest absolute Gasteiger partial charge is 0.280 e. The van der Waals surface area contributed by atoms with E-state index in [0.29, 0.717) is 24.7 Å². The number of ether oxygens (including phenoxy) is 2. The lowest BCUT2D eigenvalue weighted by molar-refractivity contribution is 0.0547. The number of benzene rings is 2. The molecule has 1 unspecified atom stereocenters. The molecule has 1 aliphatic rings. The van der Waals surface area contributed by atoms with Gasteiger partial charge in [0.1, 0.15) is 11.9 Å². The highest BCUT2D eigenvalue weighted by molar-refractivity contribution is 5.72. The van der Waals surface area contributed by atoms with Crippen LogP contribution in [-0.2, 0) is 6.42 Å². The van der Waals surface area contributed by atoms with Crippen molar-refractivity contribution >= 4 is 0 Å². The molecular weight excluding hydrogens is 456 g/mol. The van der Waals surface area contributed by atoms with Gasteiger partial charge in [-0.2, -0.15) is 5.16 Å². The predicted octanol–water partition coefficient (Wildman–Crippen LogP) is 5.61. The number of hydrogen-bond donors (Lipinski definition) is 2. The summed E-state index contributed by atoms with van der Waals surface area (Å²) in [6.45, 7) is 6.01. The number of H-pyrrole nitrogens is 1. The fraction of sp³-hybridized carbons (Fsp3) is 0.310. The molecule has 0 spiro atoms. The normalized spacial score (nSPS) is 15.1. The maximum absolute atomic E-state index is 11.3. The molecule has 0 saturated carbocycles. The minimum Gasteiger partial charge on any atom is -0.486 e. The van der Waals surface area contributed by atoms with Gasteiger partial charge in [0.15, 0.2) is 5.76 Å².